The van der Waals surface area contributed by atoms with Crippen LogP contribution in [0.4, 0.5) is 0 Å². The van der Waals surface area contributed by atoms with Crippen LogP contribution in [0.5, 0.6) is 5.75 Å². The zero-order chi connectivity index (χ0) is 20.9. The summed E-state index contributed by atoms with van der Waals surface area (Å²) >= 11 is 0. The molecule has 30 heavy (non-hydrogen) atoms. The van der Waals surface area contributed by atoms with Gasteiger partial charge < -0.3 is 10.1 Å². The number of pyridine rings is 2. The maximum absolute atomic E-state index is 12.3. The molecule has 0 atom stereocenters. The number of aryl methyl sites for hydroxylation is 2. The largest absolute Gasteiger partial charge is 0.491 e. The smallest absolute Gasteiger partial charge is 0.252 e. The van der Waals surface area contributed by atoms with Crippen molar-refractivity contribution in [3.05, 3.63) is 77.9 Å². The highest BCUT2D eigenvalue weighted by Crippen LogP contribution is 2.22. The lowest BCUT2D eigenvalue weighted by Crippen LogP contribution is -2.25. The molecule has 4 aromatic rings. The maximum atomic E-state index is 12.3. The fraction of sp³-hybridized carbons (Fsp3) is 0.217. The summed E-state index contributed by atoms with van der Waals surface area (Å²) in [5, 5.41) is 8.35. The highest BCUT2D eigenvalue weighted by atomic mass is 16.5. The van der Waals surface area contributed by atoms with Crippen molar-refractivity contribution < 1.29 is 9.53 Å². The molecule has 0 aliphatic carbocycles. The number of fused-ring (bicyclic) bond motifs is 1. The molecule has 1 amide bonds. The van der Waals surface area contributed by atoms with Crippen LogP contribution in [0.15, 0.2) is 60.9 Å². The number of benzene rings is 1. The number of carbonyl (C=O) groups is 1. The number of nitrogens with zero attached hydrogens (tertiary/aromatic N) is 4. The SMILES string of the molecule is Cc1cc(C)n(-c2ccc(C(=O)NCCCOc3cccc4cccnc34)cn2)n1. The summed E-state index contributed by atoms with van der Waals surface area (Å²) in [5.74, 6) is 1.28. The van der Waals surface area contributed by atoms with E-state index in [-0.39, 0.29) is 5.91 Å². The normalized spacial score (nSPS) is 10.9. The molecule has 0 aliphatic rings. The number of ether oxygens (including phenoxy) is 1. The van der Waals surface area contributed by atoms with Crippen LogP contribution in [0.3, 0.4) is 0 Å². The van der Waals surface area contributed by atoms with E-state index in [4.69, 9.17) is 4.74 Å². The standard InChI is InChI=1S/C23H23N5O2/c1-16-14-17(2)28(27-16)21-10-9-19(15-26-21)23(29)25-12-5-13-30-20-8-3-6-18-7-4-11-24-22(18)20/h3-4,6-11,14-15H,5,12-13H2,1-2H3,(H,25,29). The minimum Gasteiger partial charge on any atom is -0.491 e. The number of carbonyl (C=O) groups excluding carboxylic acids is 1. The van der Waals surface area contributed by atoms with E-state index in [0.717, 1.165) is 28.0 Å². The van der Waals surface area contributed by atoms with Crippen molar-refractivity contribution in [1.82, 2.24) is 25.1 Å². The molecule has 0 aliphatic heterocycles. The molecule has 0 saturated heterocycles. The second-order valence-electron chi connectivity index (χ2n) is 7.03. The monoisotopic (exact) mass is 401 g/mol. The Morgan fingerprint density at radius 2 is 1.97 bits per heavy atom. The molecule has 3 heterocycles. The second-order valence-corrected chi connectivity index (χ2v) is 7.03. The summed E-state index contributed by atoms with van der Waals surface area (Å²) in [6.45, 7) is 4.91. The molecule has 3 aromatic heterocycles. The van der Waals surface area contributed by atoms with Crippen molar-refractivity contribution in [3.8, 4) is 11.6 Å². The Morgan fingerprint density at radius 3 is 2.73 bits per heavy atom. The summed E-state index contributed by atoms with van der Waals surface area (Å²) in [7, 11) is 0. The third-order valence-corrected chi connectivity index (χ3v) is 4.70. The summed E-state index contributed by atoms with van der Waals surface area (Å²) < 4.78 is 7.61. The first-order valence-corrected chi connectivity index (χ1v) is 9.86. The van der Waals surface area contributed by atoms with Crippen LogP contribution in [0.25, 0.3) is 16.7 Å². The second kappa shape index (κ2) is 8.73. The zero-order valence-electron chi connectivity index (χ0n) is 17.0. The van der Waals surface area contributed by atoms with Crippen molar-refractivity contribution >= 4 is 16.8 Å². The number of rotatable bonds is 7. The van der Waals surface area contributed by atoms with Gasteiger partial charge in [-0.05, 0) is 50.6 Å². The lowest BCUT2D eigenvalue weighted by Gasteiger charge is -2.09. The lowest BCUT2D eigenvalue weighted by molar-refractivity contribution is 0.0951. The fourth-order valence-electron chi connectivity index (χ4n) is 3.26. The third kappa shape index (κ3) is 4.30. The first-order chi connectivity index (χ1) is 14.6. The molecule has 0 spiro atoms. The van der Waals surface area contributed by atoms with Gasteiger partial charge in [0, 0.05) is 30.0 Å². The number of hydrogen-bond acceptors (Lipinski definition) is 5. The summed E-state index contributed by atoms with van der Waals surface area (Å²) in [5.41, 5.74) is 3.29. The van der Waals surface area contributed by atoms with Crippen molar-refractivity contribution in [2.45, 2.75) is 20.3 Å². The van der Waals surface area contributed by atoms with Crippen LogP contribution < -0.4 is 10.1 Å². The number of para-hydroxylation sites is 1. The van der Waals surface area contributed by atoms with Gasteiger partial charge in [0.2, 0.25) is 0 Å². The molecule has 0 bridgehead atoms. The Bertz CT molecular complexity index is 1160. The van der Waals surface area contributed by atoms with E-state index in [0.29, 0.717) is 31.0 Å². The number of hydrogen-bond donors (Lipinski definition) is 1. The minimum absolute atomic E-state index is 0.158. The molecule has 152 valence electrons. The van der Waals surface area contributed by atoms with Crippen molar-refractivity contribution in [1.29, 1.82) is 0 Å². The van der Waals surface area contributed by atoms with Crippen LogP contribution in [0, 0.1) is 13.8 Å². The van der Waals surface area contributed by atoms with Gasteiger partial charge in [-0.15, -0.1) is 0 Å². The lowest BCUT2D eigenvalue weighted by atomic mass is 10.2. The van der Waals surface area contributed by atoms with Gasteiger partial charge in [-0.25, -0.2) is 9.67 Å². The molecule has 1 aromatic carbocycles. The van der Waals surface area contributed by atoms with Gasteiger partial charge >= 0.3 is 0 Å². The molecule has 7 heteroatoms. The van der Waals surface area contributed by atoms with E-state index in [9.17, 15) is 4.79 Å². The van der Waals surface area contributed by atoms with Crippen LogP contribution in [0.1, 0.15) is 28.2 Å². The van der Waals surface area contributed by atoms with Crippen molar-refractivity contribution in [2.24, 2.45) is 0 Å². The Kier molecular flexibility index (Phi) is 5.70. The van der Waals surface area contributed by atoms with Gasteiger partial charge in [-0.3, -0.25) is 9.78 Å². The molecule has 4 rings (SSSR count). The predicted molar refractivity (Wildman–Crippen MR) is 115 cm³/mol. The molecule has 0 fully saturated rings. The molecule has 0 radical (unpaired) electrons. The van der Waals surface area contributed by atoms with E-state index in [1.54, 1.807) is 29.2 Å². The van der Waals surface area contributed by atoms with Gasteiger partial charge in [-0.1, -0.05) is 18.2 Å². The minimum atomic E-state index is -0.158. The van der Waals surface area contributed by atoms with Crippen LogP contribution in [-0.4, -0.2) is 38.8 Å². The van der Waals surface area contributed by atoms with Gasteiger partial charge in [0.1, 0.15) is 11.3 Å². The maximum Gasteiger partial charge on any atom is 0.252 e. The van der Waals surface area contributed by atoms with E-state index in [2.05, 4.69) is 20.4 Å². The van der Waals surface area contributed by atoms with Crippen molar-refractivity contribution in [2.75, 3.05) is 13.2 Å². The van der Waals surface area contributed by atoms with Crippen LogP contribution >= 0.6 is 0 Å². The average molecular weight is 401 g/mol. The first-order valence-electron chi connectivity index (χ1n) is 9.86. The average Bonchev–Trinajstić information content (AvgIpc) is 3.11. The molecule has 1 N–H and O–H groups in total. The predicted octanol–water partition coefficient (Wildman–Crippen LogP) is 3.63. The van der Waals surface area contributed by atoms with Gasteiger partial charge in [0.15, 0.2) is 5.82 Å². The van der Waals surface area contributed by atoms with E-state index in [1.165, 1.54) is 0 Å². The molecule has 7 nitrogen and oxygen atoms in total. The van der Waals surface area contributed by atoms with Gasteiger partial charge in [0.25, 0.3) is 5.91 Å². The van der Waals surface area contributed by atoms with E-state index in [1.807, 2.05) is 50.2 Å². The Balaban J connectivity index is 1.27. The van der Waals surface area contributed by atoms with Crippen LogP contribution in [0.2, 0.25) is 0 Å². The zero-order valence-corrected chi connectivity index (χ0v) is 17.0. The quantitative estimate of drug-likeness (QED) is 0.478. The summed E-state index contributed by atoms with van der Waals surface area (Å²) in [6, 6.07) is 15.3. The fourth-order valence-corrected chi connectivity index (χ4v) is 3.26. The molecule has 0 unspecified atom stereocenters. The van der Waals surface area contributed by atoms with E-state index < -0.39 is 0 Å². The van der Waals surface area contributed by atoms with Gasteiger partial charge in [-0.2, -0.15) is 5.10 Å². The Morgan fingerprint density at radius 1 is 1.10 bits per heavy atom. The summed E-state index contributed by atoms with van der Waals surface area (Å²) in [6.07, 6.45) is 4.01. The number of amides is 1. The highest BCUT2D eigenvalue weighted by molar-refractivity contribution is 5.93. The number of aromatic nitrogens is 4. The highest BCUT2D eigenvalue weighted by Gasteiger charge is 2.09. The summed E-state index contributed by atoms with van der Waals surface area (Å²) in [4.78, 5) is 21.1. The third-order valence-electron chi connectivity index (χ3n) is 4.70. The first kappa shape index (κ1) is 19.6. The van der Waals surface area contributed by atoms with Crippen LogP contribution in [-0.2, 0) is 0 Å². The topological polar surface area (TPSA) is 81.9 Å². The van der Waals surface area contributed by atoms with Crippen molar-refractivity contribution in [3.63, 3.8) is 0 Å². The van der Waals surface area contributed by atoms with Gasteiger partial charge in [0.05, 0.1) is 17.9 Å². The number of nitrogens with one attached hydrogen (secondary N) is 1. The Labute approximate surface area is 174 Å². The Hall–Kier alpha value is -3.74. The molecular formula is C23H23N5O2. The molecule has 0 saturated carbocycles. The molecular weight excluding hydrogens is 378 g/mol. The van der Waals surface area contributed by atoms with E-state index >= 15 is 0 Å².